The Morgan fingerprint density at radius 2 is 2.15 bits per heavy atom. The van der Waals surface area contributed by atoms with Gasteiger partial charge in [-0.2, -0.15) is 0 Å². The summed E-state index contributed by atoms with van der Waals surface area (Å²) >= 11 is 0. The summed E-state index contributed by atoms with van der Waals surface area (Å²) in [5.74, 6) is 2.58. The quantitative estimate of drug-likeness (QED) is 0.815. The molecule has 0 radical (unpaired) electrons. The fraction of sp³-hybridized carbons (Fsp3) is 0.400. The van der Waals surface area contributed by atoms with Gasteiger partial charge in [0.2, 0.25) is 0 Å². The number of hydrogen-bond acceptors (Lipinski definition) is 4. The van der Waals surface area contributed by atoms with Crippen molar-refractivity contribution < 1.29 is 9.47 Å². The van der Waals surface area contributed by atoms with Crippen LogP contribution in [0.25, 0.3) is 0 Å². The van der Waals surface area contributed by atoms with E-state index in [9.17, 15) is 0 Å². The molecule has 0 saturated heterocycles. The van der Waals surface area contributed by atoms with Gasteiger partial charge in [-0.25, -0.2) is 4.98 Å². The molecule has 0 saturated carbocycles. The number of aromatic nitrogens is 2. The van der Waals surface area contributed by atoms with Crippen molar-refractivity contribution in [3.8, 4) is 11.5 Å². The van der Waals surface area contributed by atoms with Gasteiger partial charge in [0.1, 0.15) is 17.3 Å². The predicted octanol–water partition coefficient (Wildman–Crippen LogP) is 2.67. The Morgan fingerprint density at radius 1 is 1.30 bits per heavy atom. The van der Waals surface area contributed by atoms with Gasteiger partial charge in [0.05, 0.1) is 20.3 Å². The Hall–Kier alpha value is -2.01. The van der Waals surface area contributed by atoms with Crippen LogP contribution in [-0.4, -0.2) is 24.2 Å². The lowest BCUT2D eigenvalue weighted by atomic mass is 10.1. The highest BCUT2D eigenvalue weighted by Crippen LogP contribution is 2.25. The van der Waals surface area contributed by atoms with Crippen LogP contribution in [0.15, 0.2) is 30.6 Å². The van der Waals surface area contributed by atoms with Crippen LogP contribution in [0.2, 0.25) is 0 Å². The highest BCUT2D eigenvalue weighted by atomic mass is 16.5. The van der Waals surface area contributed by atoms with Crippen molar-refractivity contribution >= 4 is 0 Å². The number of nitrogens with zero attached hydrogens (tertiary/aromatic N) is 1. The van der Waals surface area contributed by atoms with E-state index in [-0.39, 0.29) is 6.04 Å². The summed E-state index contributed by atoms with van der Waals surface area (Å²) in [6.45, 7) is 2.85. The molecule has 1 atom stereocenters. The molecule has 5 nitrogen and oxygen atoms in total. The van der Waals surface area contributed by atoms with Gasteiger partial charge in [0, 0.05) is 30.6 Å². The second kappa shape index (κ2) is 6.96. The van der Waals surface area contributed by atoms with E-state index in [2.05, 4.69) is 22.2 Å². The average molecular weight is 275 g/mol. The van der Waals surface area contributed by atoms with Crippen molar-refractivity contribution in [2.45, 2.75) is 25.9 Å². The largest absolute Gasteiger partial charge is 0.497 e. The van der Waals surface area contributed by atoms with E-state index < -0.39 is 0 Å². The summed E-state index contributed by atoms with van der Waals surface area (Å²) in [6, 6.07) is 6.05. The SMILES string of the molecule is CCC(NCc1ccc(OC)cc1OC)c1ncc[nH]1. The third-order valence-electron chi connectivity index (χ3n) is 3.29. The maximum Gasteiger partial charge on any atom is 0.127 e. The van der Waals surface area contributed by atoms with Gasteiger partial charge in [-0.3, -0.25) is 0 Å². The lowest BCUT2D eigenvalue weighted by Gasteiger charge is -2.16. The highest BCUT2D eigenvalue weighted by Gasteiger charge is 2.12. The Balaban J connectivity index is 2.06. The van der Waals surface area contributed by atoms with Crippen molar-refractivity contribution in [2.75, 3.05) is 14.2 Å². The van der Waals surface area contributed by atoms with E-state index >= 15 is 0 Å². The maximum atomic E-state index is 5.40. The molecule has 0 aliphatic carbocycles. The minimum Gasteiger partial charge on any atom is -0.497 e. The molecule has 2 N–H and O–H groups in total. The van der Waals surface area contributed by atoms with Gasteiger partial charge in [-0.05, 0) is 12.5 Å². The second-order valence-corrected chi connectivity index (χ2v) is 4.49. The van der Waals surface area contributed by atoms with E-state index in [0.717, 1.165) is 29.3 Å². The van der Waals surface area contributed by atoms with E-state index in [4.69, 9.17) is 9.47 Å². The normalized spacial score (nSPS) is 12.2. The zero-order chi connectivity index (χ0) is 14.4. The first-order valence-corrected chi connectivity index (χ1v) is 6.72. The van der Waals surface area contributed by atoms with Crippen LogP contribution in [0.1, 0.15) is 30.8 Å². The molecule has 0 fully saturated rings. The van der Waals surface area contributed by atoms with Crippen LogP contribution in [0.5, 0.6) is 11.5 Å². The van der Waals surface area contributed by atoms with Crippen LogP contribution in [0, 0.1) is 0 Å². The number of methoxy groups -OCH3 is 2. The summed E-state index contributed by atoms with van der Waals surface area (Å²) in [5, 5.41) is 3.49. The van der Waals surface area contributed by atoms with Gasteiger partial charge < -0.3 is 19.8 Å². The molecule has 0 aliphatic rings. The molecule has 2 rings (SSSR count). The molecule has 0 amide bonds. The van der Waals surface area contributed by atoms with Crippen molar-refractivity contribution in [2.24, 2.45) is 0 Å². The maximum absolute atomic E-state index is 5.40. The summed E-state index contributed by atoms with van der Waals surface area (Å²) < 4.78 is 10.6. The predicted molar refractivity (Wildman–Crippen MR) is 78.0 cm³/mol. The van der Waals surface area contributed by atoms with Crippen LogP contribution >= 0.6 is 0 Å². The average Bonchev–Trinajstić information content (AvgIpc) is 3.02. The number of hydrogen-bond donors (Lipinski definition) is 2. The van der Waals surface area contributed by atoms with Crippen molar-refractivity contribution in [1.82, 2.24) is 15.3 Å². The number of H-pyrrole nitrogens is 1. The number of rotatable bonds is 7. The lowest BCUT2D eigenvalue weighted by Crippen LogP contribution is -2.21. The van der Waals surface area contributed by atoms with Crippen molar-refractivity contribution in [1.29, 1.82) is 0 Å². The number of nitrogens with one attached hydrogen (secondary N) is 2. The first kappa shape index (κ1) is 14.4. The minimum absolute atomic E-state index is 0.205. The standard InChI is InChI=1S/C15H21N3O2/c1-4-13(15-16-7-8-17-15)18-10-11-5-6-12(19-2)9-14(11)20-3/h5-9,13,18H,4,10H2,1-3H3,(H,16,17). The molecule has 1 heterocycles. The zero-order valence-electron chi connectivity index (χ0n) is 12.1. The molecular weight excluding hydrogens is 254 g/mol. The first-order chi connectivity index (χ1) is 9.78. The number of ether oxygens (including phenoxy) is 2. The third kappa shape index (κ3) is 3.30. The fourth-order valence-electron chi connectivity index (χ4n) is 2.13. The monoisotopic (exact) mass is 275 g/mol. The molecule has 5 heteroatoms. The minimum atomic E-state index is 0.205. The molecule has 0 bridgehead atoms. The van der Waals surface area contributed by atoms with Crippen LogP contribution in [0.4, 0.5) is 0 Å². The van der Waals surface area contributed by atoms with Crippen LogP contribution in [0.3, 0.4) is 0 Å². The highest BCUT2D eigenvalue weighted by molar-refractivity contribution is 5.40. The van der Waals surface area contributed by atoms with E-state index in [1.165, 1.54) is 0 Å². The Morgan fingerprint density at radius 3 is 2.75 bits per heavy atom. The Kier molecular flexibility index (Phi) is 5.01. The van der Waals surface area contributed by atoms with Crippen molar-refractivity contribution in [3.63, 3.8) is 0 Å². The molecule has 20 heavy (non-hydrogen) atoms. The van der Waals surface area contributed by atoms with Gasteiger partial charge in [0.15, 0.2) is 0 Å². The first-order valence-electron chi connectivity index (χ1n) is 6.72. The fourth-order valence-corrected chi connectivity index (χ4v) is 2.13. The van der Waals surface area contributed by atoms with Gasteiger partial charge in [-0.1, -0.05) is 13.0 Å². The molecule has 1 aromatic carbocycles. The number of aromatic amines is 1. The Bertz CT molecular complexity index is 526. The molecule has 2 aromatic rings. The topological polar surface area (TPSA) is 59.2 Å². The molecule has 1 aromatic heterocycles. The molecule has 108 valence electrons. The van der Waals surface area contributed by atoms with Crippen LogP contribution in [-0.2, 0) is 6.54 Å². The molecule has 0 spiro atoms. The molecular formula is C15H21N3O2. The molecule has 0 aliphatic heterocycles. The van der Waals surface area contributed by atoms with E-state index in [1.807, 2.05) is 24.4 Å². The van der Waals surface area contributed by atoms with E-state index in [0.29, 0.717) is 6.54 Å². The number of benzene rings is 1. The van der Waals surface area contributed by atoms with Gasteiger partial charge in [-0.15, -0.1) is 0 Å². The lowest BCUT2D eigenvalue weighted by molar-refractivity contribution is 0.387. The van der Waals surface area contributed by atoms with Crippen molar-refractivity contribution in [3.05, 3.63) is 42.0 Å². The van der Waals surface area contributed by atoms with Gasteiger partial charge >= 0.3 is 0 Å². The van der Waals surface area contributed by atoms with Crippen LogP contribution < -0.4 is 14.8 Å². The summed E-state index contributed by atoms with van der Waals surface area (Å²) in [6.07, 6.45) is 4.58. The van der Waals surface area contributed by atoms with E-state index in [1.54, 1.807) is 20.4 Å². The van der Waals surface area contributed by atoms with Gasteiger partial charge in [0.25, 0.3) is 0 Å². The second-order valence-electron chi connectivity index (χ2n) is 4.49. The number of imidazole rings is 1. The summed E-state index contributed by atoms with van der Waals surface area (Å²) in [7, 11) is 3.32. The molecule has 1 unspecified atom stereocenters. The zero-order valence-corrected chi connectivity index (χ0v) is 12.1. The third-order valence-corrected chi connectivity index (χ3v) is 3.29. The summed E-state index contributed by atoms with van der Waals surface area (Å²) in [5.41, 5.74) is 1.10. The smallest absolute Gasteiger partial charge is 0.127 e. The summed E-state index contributed by atoms with van der Waals surface area (Å²) in [4.78, 5) is 7.45. The Labute approximate surface area is 119 Å².